The zero-order chi connectivity index (χ0) is 27.4. The van der Waals surface area contributed by atoms with Gasteiger partial charge in [-0.15, -0.1) is 0 Å². The largest absolute Gasteiger partial charge is 0.238 e. The van der Waals surface area contributed by atoms with Gasteiger partial charge in [-0.05, 0) is 103 Å². The van der Waals surface area contributed by atoms with Crippen molar-refractivity contribution in [3.05, 3.63) is 117 Å². The fraction of sp³-hybridized carbons (Fsp3) is 0.226. The lowest BCUT2D eigenvalue weighted by atomic mass is 9.88. The summed E-state index contributed by atoms with van der Waals surface area (Å²) in [6.45, 7) is 2.08. The van der Waals surface area contributed by atoms with Gasteiger partial charge >= 0.3 is 0 Å². The molecule has 1 aliphatic carbocycles. The van der Waals surface area contributed by atoms with Gasteiger partial charge in [-0.3, -0.25) is 0 Å². The van der Waals surface area contributed by atoms with Crippen LogP contribution in [0.25, 0.3) is 22.3 Å². The van der Waals surface area contributed by atoms with Crippen molar-refractivity contribution >= 4 is 0 Å². The Morgan fingerprint density at radius 1 is 0.632 bits per heavy atom. The third kappa shape index (κ3) is 4.70. The molecule has 0 saturated carbocycles. The molecule has 1 unspecified atom stereocenters. The predicted octanol–water partition coefficient (Wildman–Crippen LogP) is 9.08. The Hall–Kier alpha value is -3.61. The molecule has 0 aliphatic heterocycles. The summed E-state index contributed by atoms with van der Waals surface area (Å²) in [5.41, 5.74) is -1.98. The van der Waals surface area contributed by atoms with Crippen molar-refractivity contribution in [2.45, 2.75) is 45.2 Å². The first kappa shape index (κ1) is 26.0. The van der Waals surface area contributed by atoms with Crippen LogP contribution in [0.3, 0.4) is 0 Å². The quantitative estimate of drug-likeness (QED) is 0.227. The molecule has 1 aliphatic rings. The second-order valence-corrected chi connectivity index (χ2v) is 10.0. The number of aryl methyl sites for hydroxylation is 2. The molecule has 0 saturated heterocycles. The number of fused-ring (bicyclic) bond motifs is 1. The van der Waals surface area contributed by atoms with Crippen molar-refractivity contribution < 1.29 is 30.7 Å². The van der Waals surface area contributed by atoms with Gasteiger partial charge in [0, 0.05) is 12.0 Å². The Morgan fingerprint density at radius 2 is 1.18 bits per heavy atom. The van der Waals surface area contributed by atoms with E-state index in [0.717, 1.165) is 56.0 Å². The van der Waals surface area contributed by atoms with Gasteiger partial charge in [0.05, 0.1) is 11.1 Å². The van der Waals surface area contributed by atoms with E-state index >= 15 is 22.0 Å². The van der Waals surface area contributed by atoms with Crippen molar-refractivity contribution in [3.8, 4) is 22.3 Å². The van der Waals surface area contributed by atoms with E-state index in [2.05, 4.69) is 0 Å². The van der Waals surface area contributed by atoms with Gasteiger partial charge in [0.2, 0.25) is 0 Å². The molecule has 0 nitrogen and oxygen atoms in total. The van der Waals surface area contributed by atoms with E-state index < -0.39 is 63.7 Å². The monoisotopic (exact) mass is 528 g/mol. The van der Waals surface area contributed by atoms with Gasteiger partial charge in [-0.25, -0.2) is 30.7 Å². The minimum atomic E-state index is -2.71. The number of benzene rings is 4. The standard InChI is InChI=1S/C31H23F7/c1-16-23(32)8-17(9-24(16)33)15-31(2,38)30-27(36)13-22(14-28(30)37)29-25(34)11-21(12-26(29)35)20-7-6-18-4-3-5-19(18)10-20/h6-14H,3-5,15H2,1-2H3. The molecule has 0 bridgehead atoms. The van der Waals surface area contributed by atoms with Crippen LogP contribution in [0, 0.1) is 41.8 Å². The summed E-state index contributed by atoms with van der Waals surface area (Å²) in [6, 6.07) is 10.9. The van der Waals surface area contributed by atoms with E-state index in [1.165, 1.54) is 12.5 Å². The molecule has 4 aromatic rings. The lowest BCUT2D eigenvalue weighted by molar-refractivity contribution is 0.177. The molecule has 0 spiro atoms. The number of hydrogen-bond acceptors (Lipinski definition) is 0. The summed E-state index contributed by atoms with van der Waals surface area (Å²) in [5.74, 6) is -6.64. The molecule has 4 aromatic carbocycles. The maximum Gasteiger partial charge on any atom is 0.142 e. The predicted molar refractivity (Wildman–Crippen MR) is 132 cm³/mol. The lowest BCUT2D eigenvalue weighted by Gasteiger charge is -2.23. The van der Waals surface area contributed by atoms with Gasteiger partial charge in [0.25, 0.3) is 0 Å². The average molecular weight is 529 g/mol. The summed E-state index contributed by atoms with van der Waals surface area (Å²) >= 11 is 0. The first-order valence-electron chi connectivity index (χ1n) is 12.2. The van der Waals surface area contributed by atoms with Crippen molar-refractivity contribution in [1.29, 1.82) is 0 Å². The zero-order valence-corrected chi connectivity index (χ0v) is 20.7. The molecule has 7 heteroatoms. The van der Waals surface area contributed by atoms with Crippen LogP contribution >= 0.6 is 0 Å². The molecule has 0 radical (unpaired) electrons. The number of halogens is 7. The third-order valence-corrected chi connectivity index (χ3v) is 7.20. The molecule has 0 amide bonds. The van der Waals surface area contributed by atoms with Gasteiger partial charge in [-0.2, -0.15) is 0 Å². The van der Waals surface area contributed by atoms with Crippen LogP contribution in [0.4, 0.5) is 30.7 Å². The summed E-state index contributed by atoms with van der Waals surface area (Å²) in [6.07, 6.45) is 2.14. The van der Waals surface area contributed by atoms with E-state index in [-0.39, 0.29) is 16.7 Å². The van der Waals surface area contributed by atoms with Crippen molar-refractivity contribution in [2.75, 3.05) is 0 Å². The fourth-order valence-corrected chi connectivity index (χ4v) is 5.25. The highest BCUT2D eigenvalue weighted by atomic mass is 19.2. The number of rotatable bonds is 5. The molecule has 0 aromatic heterocycles. The molecular weight excluding hydrogens is 505 g/mol. The molecule has 5 rings (SSSR count). The highest BCUT2D eigenvalue weighted by Gasteiger charge is 2.34. The van der Waals surface area contributed by atoms with Gasteiger partial charge < -0.3 is 0 Å². The van der Waals surface area contributed by atoms with Crippen LogP contribution in [-0.2, 0) is 24.9 Å². The maximum absolute atomic E-state index is 15.5. The molecule has 0 fully saturated rings. The Morgan fingerprint density at radius 3 is 1.79 bits per heavy atom. The number of hydrogen-bond donors (Lipinski definition) is 0. The van der Waals surface area contributed by atoms with Gasteiger partial charge in [0.15, 0.2) is 0 Å². The minimum absolute atomic E-state index is 0.141. The summed E-state index contributed by atoms with van der Waals surface area (Å²) in [4.78, 5) is 0. The molecule has 38 heavy (non-hydrogen) atoms. The Balaban J connectivity index is 1.49. The van der Waals surface area contributed by atoms with Crippen LogP contribution in [0.15, 0.2) is 54.6 Å². The lowest BCUT2D eigenvalue weighted by Crippen LogP contribution is -2.23. The molecule has 0 heterocycles. The van der Waals surface area contributed by atoms with Crippen molar-refractivity contribution in [3.63, 3.8) is 0 Å². The van der Waals surface area contributed by atoms with E-state index in [9.17, 15) is 8.78 Å². The average Bonchev–Trinajstić information content (AvgIpc) is 3.29. The van der Waals surface area contributed by atoms with Crippen LogP contribution in [-0.4, -0.2) is 0 Å². The van der Waals surface area contributed by atoms with Gasteiger partial charge in [0.1, 0.15) is 40.6 Å². The normalized spacial score (nSPS) is 14.4. The fourth-order valence-electron chi connectivity index (χ4n) is 5.25. The summed E-state index contributed by atoms with van der Waals surface area (Å²) in [7, 11) is 0. The first-order valence-corrected chi connectivity index (χ1v) is 12.2. The number of alkyl halides is 1. The summed E-state index contributed by atoms with van der Waals surface area (Å²) < 4.78 is 104. The zero-order valence-electron chi connectivity index (χ0n) is 20.7. The second-order valence-electron chi connectivity index (χ2n) is 10.0. The maximum atomic E-state index is 15.5. The van der Waals surface area contributed by atoms with Crippen molar-refractivity contribution in [1.82, 2.24) is 0 Å². The topological polar surface area (TPSA) is 0 Å². The van der Waals surface area contributed by atoms with Crippen LogP contribution < -0.4 is 0 Å². The van der Waals surface area contributed by atoms with E-state index in [1.807, 2.05) is 12.1 Å². The van der Waals surface area contributed by atoms with Crippen LogP contribution in [0.5, 0.6) is 0 Å². The Bertz CT molecular complexity index is 1500. The molecular formula is C31H23F7. The van der Waals surface area contributed by atoms with E-state index in [0.29, 0.717) is 17.7 Å². The molecule has 1 atom stereocenters. The van der Waals surface area contributed by atoms with Crippen LogP contribution in [0.2, 0.25) is 0 Å². The van der Waals surface area contributed by atoms with Crippen LogP contribution in [0.1, 0.15) is 41.2 Å². The SMILES string of the molecule is Cc1c(F)cc(CC(C)(F)c2c(F)cc(-c3c(F)cc(-c4ccc5c(c4)CCC5)cc3F)cc2F)cc1F. The first-order chi connectivity index (χ1) is 17.9. The smallest absolute Gasteiger partial charge is 0.142 e. The highest BCUT2D eigenvalue weighted by Crippen LogP contribution is 2.39. The Kier molecular flexibility index (Phi) is 6.58. The highest BCUT2D eigenvalue weighted by molar-refractivity contribution is 5.73. The second kappa shape index (κ2) is 9.61. The molecule has 196 valence electrons. The van der Waals surface area contributed by atoms with E-state index in [4.69, 9.17) is 0 Å². The van der Waals surface area contributed by atoms with Gasteiger partial charge in [-0.1, -0.05) is 18.2 Å². The van der Waals surface area contributed by atoms with Crippen molar-refractivity contribution in [2.24, 2.45) is 0 Å². The molecule has 0 N–H and O–H groups in total. The van der Waals surface area contributed by atoms with E-state index in [1.54, 1.807) is 6.07 Å². The summed E-state index contributed by atoms with van der Waals surface area (Å²) in [5, 5.41) is 0. The minimum Gasteiger partial charge on any atom is -0.238 e. The third-order valence-electron chi connectivity index (χ3n) is 7.20. The Labute approximate surface area is 215 Å².